The molecule has 0 spiro atoms. The molecule has 0 radical (unpaired) electrons. The van der Waals surface area contributed by atoms with Gasteiger partial charge in [0.1, 0.15) is 0 Å². The van der Waals surface area contributed by atoms with Gasteiger partial charge in [0.25, 0.3) is 5.91 Å². The van der Waals surface area contributed by atoms with Crippen LogP contribution in [0.4, 0.5) is 0 Å². The van der Waals surface area contributed by atoms with Gasteiger partial charge in [0, 0.05) is 23.6 Å². The third-order valence-corrected chi connectivity index (χ3v) is 5.92. The van der Waals surface area contributed by atoms with Gasteiger partial charge >= 0.3 is 0 Å². The first-order chi connectivity index (χ1) is 12.5. The summed E-state index contributed by atoms with van der Waals surface area (Å²) in [5.74, 6) is 0.564. The van der Waals surface area contributed by atoms with Crippen LogP contribution < -0.4 is 16.0 Å². The lowest BCUT2D eigenvalue weighted by molar-refractivity contribution is -0.132. The zero-order valence-electron chi connectivity index (χ0n) is 15.3. The van der Waals surface area contributed by atoms with Gasteiger partial charge in [-0.3, -0.25) is 14.4 Å². The van der Waals surface area contributed by atoms with Crippen molar-refractivity contribution in [1.82, 2.24) is 16.0 Å². The fraction of sp³-hybridized carbons (Fsp3) is 0.550. The van der Waals surface area contributed by atoms with Crippen LogP contribution in [-0.4, -0.2) is 36.3 Å². The molecule has 3 rings (SSSR count). The number of hydrogen-bond donors (Lipinski definition) is 3. The molecule has 1 aromatic rings. The van der Waals surface area contributed by atoms with Crippen LogP contribution in [0.3, 0.4) is 0 Å². The second kappa shape index (κ2) is 7.89. The molecule has 1 saturated heterocycles. The molecule has 26 heavy (non-hydrogen) atoms. The minimum Gasteiger partial charge on any atom is -0.353 e. The maximum Gasteiger partial charge on any atom is 0.251 e. The van der Waals surface area contributed by atoms with E-state index in [0.29, 0.717) is 17.4 Å². The highest BCUT2D eigenvalue weighted by molar-refractivity contribution is 5.96. The van der Waals surface area contributed by atoms with Gasteiger partial charge in [-0.2, -0.15) is 0 Å². The lowest BCUT2D eigenvalue weighted by atomic mass is 9.68. The number of carbonyl (C=O) groups excluding carboxylic acids is 3. The molecule has 1 saturated carbocycles. The fourth-order valence-electron chi connectivity index (χ4n) is 4.17. The zero-order valence-corrected chi connectivity index (χ0v) is 15.3. The number of fused-ring (bicyclic) bond motifs is 1. The maximum absolute atomic E-state index is 12.2. The van der Waals surface area contributed by atoms with E-state index >= 15 is 0 Å². The van der Waals surface area contributed by atoms with E-state index in [1.165, 1.54) is 0 Å². The number of rotatable bonds is 4. The molecule has 6 nitrogen and oxygen atoms in total. The Morgan fingerprint density at radius 1 is 1.15 bits per heavy atom. The molecule has 1 aliphatic heterocycles. The lowest BCUT2D eigenvalue weighted by Gasteiger charge is -2.45. The summed E-state index contributed by atoms with van der Waals surface area (Å²) in [6, 6.07) is 9.00. The number of benzene rings is 1. The number of carbonyl (C=O) groups is 3. The van der Waals surface area contributed by atoms with Crippen LogP contribution in [0.25, 0.3) is 0 Å². The van der Waals surface area contributed by atoms with Crippen LogP contribution in [0.5, 0.6) is 0 Å². The van der Waals surface area contributed by atoms with Crippen molar-refractivity contribution >= 4 is 17.7 Å². The standard InChI is InChI=1S/C20H27N3O3/c1-12-13(2)19(25)23-17-10-15(8-9-16(12)17)22-18(24)11-21-20(26)14-6-4-3-5-7-14/h3-7,12-13,15-17H,8-11H2,1-2H3,(H,21,26)(H,22,24)(H,23,25). The molecule has 1 heterocycles. The first-order valence-electron chi connectivity index (χ1n) is 9.38. The number of amides is 3. The van der Waals surface area contributed by atoms with E-state index in [1.54, 1.807) is 24.3 Å². The highest BCUT2D eigenvalue weighted by Crippen LogP contribution is 2.37. The van der Waals surface area contributed by atoms with Gasteiger partial charge in [-0.1, -0.05) is 32.0 Å². The quantitative estimate of drug-likeness (QED) is 0.763. The Kier molecular flexibility index (Phi) is 5.59. The SMILES string of the molecule is CC1C(=O)NC2CC(NC(=O)CNC(=O)c3ccccc3)CCC2C1C. The Balaban J connectivity index is 1.47. The molecule has 1 aliphatic carbocycles. The largest absolute Gasteiger partial charge is 0.353 e. The van der Waals surface area contributed by atoms with Crippen molar-refractivity contribution in [1.29, 1.82) is 0 Å². The van der Waals surface area contributed by atoms with E-state index in [1.807, 2.05) is 13.0 Å². The second-order valence-electron chi connectivity index (χ2n) is 7.55. The van der Waals surface area contributed by atoms with Gasteiger partial charge in [-0.15, -0.1) is 0 Å². The Morgan fingerprint density at radius 3 is 2.62 bits per heavy atom. The van der Waals surface area contributed by atoms with Gasteiger partial charge in [0.2, 0.25) is 11.8 Å². The molecule has 3 N–H and O–H groups in total. The maximum atomic E-state index is 12.2. The summed E-state index contributed by atoms with van der Waals surface area (Å²) in [7, 11) is 0. The molecule has 5 unspecified atom stereocenters. The minimum atomic E-state index is -0.258. The summed E-state index contributed by atoms with van der Waals surface area (Å²) in [5.41, 5.74) is 0.536. The van der Waals surface area contributed by atoms with Gasteiger partial charge in [0.05, 0.1) is 6.54 Å². The van der Waals surface area contributed by atoms with Crippen molar-refractivity contribution in [3.8, 4) is 0 Å². The van der Waals surface area contributed by atoms with Gasteiger partial charge in [-0.05, 0) is 43.2 Å². The topological polar surface area (TPSA) is 87.3 Å². The molecule has 140 valence electrons. The Labute approximate surface area is 154 Å². The smallest absolute Gasteiger partial charge is 0.251 e. The lowest BCUT2D eigenvalue weighted by Crippen LogP contribution is -2.58. The normalized spacial score (nSPS) is 30.7. The average molecular weight is 357 g/mol. The van der Waals surface area contributed by atoms with E-state index in [-0.39, 0.29) is 42.3 Å². The Hall–Kier alpha value is -2.37. The highest BCUT2D eigenvalue weighted by Gasteiger charge is 2.42. The van der Waals surface area contributed by atoms with E-state index in [4.69, 9.17) is 0 Å². The van der Waals surface area contributed by atoms with Crippen molar-refractivity contribution in [2.75, 3.05) is 6.54 Å². The average Bonchev–Trinajstić information content (AvgIpc) is 2.65. The summed E-state index contributed by atoms with van der Waals surface area (Å²) in [6.07, 6.45) is 2.66. The first kappa shape index (κ1) is 18.4. The monoisotopic (exact) mass is 357 g/mol. The summed E-state index contributed by atoms with van der Waals surface area (Å²) in [5, 5.41) is 8.75. The van der Waals surface area contributed by atoms with Gasteiger partial charge < -0.3 is 16.0 Å². The number of nitrogens with one attached hydrogen (secondary N) is 3. The molecule has 0 bridgehead atoms. The summed E-state index contributed by atoms with van der Waals surface area (Å²) in [6.45, 7) is 4.09. The molecule has 2 fully saturated rings. The van der Waals surface area contributed by atoms with Crippen LogP contribution in [-0.2, 0) is 9.59 Å². The number of piperidine rings is 1. The van der Waals surface area contributed by atoms with Crippen molar-refractivity contribution in [3.63, 3.8) is 0 Å². The molecular formula is C20H27N3O3. The Bertz CT molecular complexity index is 676. The van der Waals surface area contributed by atoms with Crippen LogP contribution in [0.1, 0.15) is 43.5 Å². The predicted octanol–water partition coefficient (Wildman–Crippen LogP) is 1.47. The van der Waals surface area contributed by atoms with Crippen molar-refractivity contribution in [2.24, 2.45) is 17.8 Å². The van der Waals surface area contributed by atoms with Crippen molar-refractivity contribution < 1.29 is 14.4 Å². The van der Waals surface area contributed by atoms with E-state index in [2.05, 4.69) is 22.9 Å². The molecule has 3 amide bonds. The summed E-state index contributed by atoms with van der Waals surface area (Å²) < 4.78 is 0. The van der Waals surface area contributed by atoms with Crippen LogP contribution in [0.2, 0.25) is 0 Å². The van der Waals surface area contributed by atoms with Crippen LogP contribution >= 0.6 is 0 Å². The molecule has 1 aromatic carbocycles. The molecule has 2 aliphatic rings. The molecule has 6 heteroatoms. The Morgan fingerprint density at radius 2 is 1.88 bits per heavy atom. The van der Waals surface area contributed by atoms with Gasteiger partial charge in [0.15, 0.2) is 0 Å². The van der Waals surface area contributed by atoms with E-state index < -0.39 is 0 Å². The van der Waals surface area contributed by atoms with Gasteiger partial charge in [-0.25, -0.2) is 0 Å². The number of hydrogen-bond acceptors (Lipinski definition) is 3. The first-order valence-corrected chi connectivity index (χ1v) is 9.38. The molecular weight excluding hydrogens is 330 g/mol. The van der Waals surface area contributed by atoms with Crippen molar-refractivity contribution in [2.45, 2.75) is 45.2 Å². The summed E-state index contributed by atoms with van der Waals surface area (Å²) in [4.78, 5) is 36.2. The fourth-order valence-corrected chi connectivity index (χ4v) is 4.17. The van der Waals surface area contributed by atoms with E-state index in [9.17, 15) is 14.4 Å². The molecule has 0 aromatic heterocycles. The van der Waals surface area contributed by atoms with Crippen molar-refractivity contribution in [3.05, 3.63) is 35.9 Å². The van der Waals surface area contributed by atoms with Crippen LogP contribution in [0.15, 0.2) is 30.3 Å². The van der Waals surface area contributed by atoms with E-state index in [0.717, 1.165) is 19.3 Å². The molecule has 5 atom stereocenters. The summed E-state index contributed by atoms with van der Waals surface area (Å²) >= 11 is 0. The van der Waals surface area contributed by atoms with Crippen LogP contribution in [0, 0.1) is 17.8 Å². The third kappa shape index (κ3) is 4.06. The minimum absolute atomic E-state index is 0.0401. The predicted molar refractivity (Wildman–Crippen MR) is 98.3 cm³/mol. The second-order valence-corrected chi connectivity index (χ2v) is 7.55. The third-order valence-electron chi connectivity index (χ3n) is 5.92. The highest BCUT2D eigenvalue weighted by atomic mass is 16.2. The zero-order chi connectivity index (χ0) is 18.7.